The summed E-state index contributed by atoms with van der Waals surface area (Å²) in [5.74, 6) is -1.47. The molecule has 0 aliphatic carbocycles. The van der Waals surface area contributed by atoms with Crippen LogP contribution in [0.2, 0.25) is 0 Å². The summed E-state index contributed by atoms with van der Waals surface area (Å²) in [6, 6.07) is 4.53. The minimum absolute atomic E-state index is 0.403. The van der Waals surface area contributed by atoms with Crippen molar-refractivity contribution in [3.63, 3.8) is 0 Å². The zero-order chi connectivity index (χ0) is 16.4. The van der Waals surface area contributed by atoms with Crippen LogP contribution < -0.4 is 5.32 Å². The molecular weight excluding hydrogens is 296 g/mol. The second-order valence-corrected chi connectivity index (χ2v) is 5.96. The number of rotatable bonds is 4. The second kappa shape index (κ2) is 6.42. The van der Waals surface area contributed by atoms with Gasteiger partial charge in [-0.3, -0.25) is 4.79 Å². The van der Waals surface area contributed by atoms with E-state index in [4.69, 9.17) is 4.74 Å². The Hall–Kier alpha value is -2.34. The van der Waals surface area contributed by atoms with Crippen molar-refractivity contribution in [3.05, 3.63) is 41.7 Å². The number of carbonyl (C=O) groups is 2. The molecule has 2 unspecified atom stereocenters. The van der Waals surface area contributed by atoms with Crippen molar-refractivity contribution in [1.29, 1.82) is 0 Å². The highest BCUT2D eigenvalue weighted by Gasteiger charge is 2.32. The maximum Gasteiger partial charge on any atom is 0.328 e. The van der Waals surface area contributed by atoms with Crippen molar-refractivity contribution >= 4 is 17.4 Å². The van der Waals surface area contributed by atoms with Crippen LogP contribution in [0.3, 0.4) is 0 Å². The van der Waals surface area contributed by atoms with Crippen molar-refractivity contribution in [2.75, 3.05) is 6.61 Å². The Balaban J connectivity index is 1.78. The van der Waals surface area contributed by atoms with Crippen LogP contribution in [-0.2, 0) is 9.53 Å². The quantitative estimate of drug-likeness (QED) is 0.904. The van der Waals surface area contributed by atoms with Gasteiger partial charge in [0.1, 0.15) is 0 Å². The Morgan fingerprint density at radius 2 is 2.17 bits per heavy atom. The summed E-state index contributed by atoms with van der Waals surface area (Å²) in [6.07, 6.45) is 5.65. The summed E-state index contributed by atoms with van der Waals surface area (Å²) < 4.78 is 7.37. The summed E-state index contributed by atoms with van der Waals surface area (Å²) in [7, 11) is 0. The lowest BCUT2D eigenvalue weighted by Gasteiger charge is -2.28. The number of hydrogen-bond donors (Lipinski definition) is 2. The van der Waals surface area contributed by atoms with Gasteiger partial charge >= 0.3 is 5.97 Å². The number of nitrogens with zero attached hydrogens (tertiary/aromatic N) is 1. The normalized spacial score (nSPS) is 19.4. The fraction of sp³-hybridized carbons (Fsp3) is 0.412. The third-order valence-corrected chi connectivity index (χ3v) is 4.13. The van der Waals surface area contributed by atoms with Gasteiger partial charge in [0.15, 0.2) is 6.04 Å². The number of aromatic nitrogens is 1. The molecule has 1 aliphatic rings. The second-order valence-electron chi connectivity index (χ2n) is 5.96. The minimum Gasteiger partial charge on any atom is -0.480 e. The van der Waals surface area contributed by atoms with E-state index in [0.717, 1.165) is 23.9 Å². The highest BCUT2D eigenvalue weighted by Crippen LogP contribution is 2.17. The predicted molar refractivity (Wildman–Crippen MR) is 84.6 cm³/mol. The topological polar surface area (TPSA) is 80.0 Å². The number of carbonyl (C=O) groups excluding carboxylic acids is 1. The van der Waals surface area contributed by atoms with Crippen molar-refractivity contribution in [3.8, 4) is 0 Å². The maximum absolute atomic E-state index is 12.4. The molecule has 2 aromatic rings. The van der Waals surface area contributed by atoms with E-state index >= 15 is 0 Å². The molecule has 1 amide bonds. The molecule has 1 fully saturated rings. The third kappa shape index (κ3) is 3.37. The van der Waals surface area contributed by atoms with Gasteiger partial charge in [-0.05, 0) is 49.9 Å². The highest BCUT2D eigenvalue weighted by molar-refractivity contribution is 5.96. The molecule has 6 heteroatoms. The van der Waals surface area contributed by atoms with Crippen LogP contribution >= 0.6 is 0 Å². The van der Waals surface area contributed by atoms with E-state index in [2.05, 4.69) is 5.32 Å². The Labute approximate surface area is 134 Å². The lowest BCUT2D eigenvalue weighted by Crippen LogP contribution is -2.50. The molecule has 3 heterocycles. The van der Waals surface area contributed by atoms with Gasteiger partial charge in [-0.1, -0.05) is 0 Å². The van der Waals surface area contributed by atoms with Crippen LogP contribution in [-0.4, -0.2) is 40.1 Å². The molecule has 2 aromatic heterocycles. The molecule has 0 saturated carbocycles. The molecule has 6 nitrogen and oxygen atoms in total. The molecule has 1 saturated heterocycles. The first-order valence-corrected chi connectivity index (χ1v) is 7.78. The molecular formula is C17H20N2O4. The standard InChI is InChI=1S/C17H20N2O4/c1-11-8-13-6-5-12(10-19(13)9-11)16(20)18-15(17(21)22)14-4-2-3-7-23-14/h5-6,8-10,14-15H,2-4,7H2,1H3,(H,18,20)(H,21,22). The zero-order valence-electron chi connectivity index (χ0n) is 13.0. The Bertz CT molecular complexity index is 731. The average Bonchev–Trinajstić information content (AvgIpc) is 2.92. The van der Waals surface area contributed by atoms with Crippen molar-refractivity contribution in [1.82, 2.24) is 9.72 Å². The molecule has 0 spiro atoms. The maximum atomic E-state index is 12.4. The van der Waals surface area contributed by atoms with E-state index in [9.17, 15) is 14.7 Å². The average molecular weight is 316 g/mol. The number of ether oxygens (including phenoxy) is 1. The summed E-state index contributed by atoms with van der Waals surface area (Å²) in [6.45, 7) is 2.52. The first-order valence-electron chi connectivity index (χ1n) is 7.78. The third-order valence-electron chi connectivity index (χ3n) is 4.13. The van der Waals surface area contributed by atoms with Gasteiger partial charge in [-0.15, -0.1) is 0 Å². The smallest absolute Gasteiger partial charge is 0.328 e. The van der Waals surface area contributed by atoms with Crippen LogP contribution in [0.15, 0.2) is 30.6 Å². The van der Waals surface area contributed by atoms with E-state index in [-0.39, 0.29) is 0 Å². The molecule has 0 radical (unpaired) electrons. The number of hydrogen-bond acceptors (Lipinski definition) is 3. The first kappa shape index (κ1) is 15.6. The van der Waals surface area contributed by atoms with Gasteiger partial charge in [-0.2, -0.15) is 0 Å². The summed E-state index contributed by atoms with van der Waals surface area (Å²) >= 11 is 0. The van der Waals surface area contributed by atoms with Crippen LogP contribution in [0, 0.1) is 6.92 Å². The van der Waals surface area contributed by atoms with Gasteiger partial charge in [0, 0.05) is 24.5 Å². The van der Waals surface area contributed by atoms with E-state index in [1.54, 1.807) is 12.3 Å². The lowest BCUT2D eigenvalue weighted by atomic mass is 10.0. The highest BCUT2D eigenvalue weighted by atomic mass is 16.5. The molecule has 23 heavy (non-hydrogen) atoms. The van der Waals surface area contributed by atoms with Gasteiger partial charge < -0.3 is 19.6 Å². The number of pyridine rings is 1. The van der Waals surface area contributed by atoms with Gasteiger partial charge in [0.2, 0.25) is 0 Å². The molecule has 2 N–H and O–H groups in total. The fourth-order valence-corrected chi connectivity index (χ4v) is 2.95. The summed E-state index contributed by atoms with van der Waals surface area (Å²) in [5.41, 5.74) is 2.51. The number of carboxylic acid groups (broad SMARTS) is 1. The molecule has 0 bridgehead atoms. The summed E-state index contributed by atoms with van der Waals surface area (Å²) in [4.78, 5) is 23.9. The summed E-state index contributed by atoms with van der Waals surface area (Å²) in [5, 5.41) is 12.0. The molecule has 122 valence electrons. The van der Waals surface area contributed by atoms with E-state index in [1.165, 1.54) is 0 Å². The van der Waals surface area contributed by atoms with Crippen LogP contribution in [0.1, 0.15) is 35.2 Å². The van der Waals surface area contributed by atoms with Crippen molar-refractivity contribution in [2.45, 2.75) is 38.3 Å². The van der Waals surface area contributed by atoms with Gasteiger partial charge in [-0.25, -0.2) is 4.79 Å². The van der Waals surface area contributed by atoms with Gasteiger partial charge in [0.25, 0.3) is 5.91 Å². The number of carboxylic acids is 1. The van der Waals surface area contributed by atoms with E-state index < -0.39 is 24.0 Å². The van der Waals surface area contributed by atoms with Crippen molar-refractivity contribution in [2.24, 2.45) is 0 Å². The van der Waals surface area contributed by atoms with Crippen molar-refractivity contribution < 1.29 is 19.4 Å². The van der Waals surface area contributed by atoms with E-state index in [1.807, 2.05) is 29.7 Å². The zero-order valence-corrected chi connectivity index (χ0v) is 13.0. The first-order chi connectivity index (χ1) is 11.0. The SMILES string of the molecule is Cc1cc2ccc(C(=O)NC(C(=O)O)C3CCCCO3)cn2c1. The van der Waals surface area contributed by atoms with E-state index in [0.29, 0.717) is 18.6 Å². The number of fused-ring (bicyclic) bond motifs is 1. The minimum atomic E-state index is -1.07. The lowest BCUT2D eigenvalue weighted by molar-refractivity contribution is -0.144. The van der Waals surface area contributed by atoms with Crippen LogP contribution in [0.25, 0.3) is 5.52 Å². The van der Waals surface area contributed by atoms with Gasteiger partial charge in [0.05, 0.1) is 11.7 Å². The predicted octanol–water partition coefficient (Wildman–Crippen LogP) is 2.00. The molecule has 3 rings (SSSR count). The number of amides is 1. The molecule has 0 aromatic carbocycles. The van der Waals surface area contributed by atoms with Crippen LogP contribution in [0.5, 0.6) is 0 Å². The Kier molecular flexibility index (Phi) is 4.34. The Morgan fingerprint density at radius 3 is 2.87 bits per heavy atom. The Morgan fingerprint density at radius 1 is 1.35 bits per heavy atom. The number of nitrogens with one attached hydrogen (secondary N) is 1. The van der Waals surface area contributed by atoms with Crippen LogP contribution in [0.4, 0.5) is 0 Å². The number of aryl methyl sites for hydroxylation is 1. The fourth-order valence-electron chi connectivity index (χ4n) is 2.95. The molecule has 1 aliphatic heterocycles. The number of aliphatic carboxylic acids is 1. The monoisotopic (exact) mass is 316 g/mol. The molecule has 2 atom stereocenters. The largest absolute Gasteiger partial charge is 0.480 e.